The summed E-state index contributed by atoms with van der Waals surface area (Å²) in [5.41, 5.74) is -0.272. The fourth-order valence-electron chi connectivity index (χ4n) is 3.25. The van der Waals surface area contributed by atoms with Crippen LogP contribution in [-0.2, 0) is 4.74 Å². The fraction of sp³-hybridized carbons (Fsp3) is 1.00. The first-order valence-corrected chi connectivity index (χ1v) is 6.79. The van der Waals surface area contributed by atoms with Crippen LogP contribution in [-0.4, -0.2) is 23.9 Å². The molecule has 2 nitrogen and oxygen atoms in total. The third-order valence-corrected chi connectivity index (χ3v) is 4.22. The van der Waals surface area contributed by atoms with Crippen molar-refractivity contribution in [1.82, 2.24) is 0 Å². The third-order valence-electron chi connectivity index (χ3n) is 4.22. The van der Waals surface area contributed by atoms with E-state index in [1.807, 2.05) is 0 Å². The van der Waals surface area contributed by atoms with Gasteiger partial charge in [-0.15, -0.1) is 0 Å². The molecule has 1 aliphatic carbocycles. The molecule has 0 aromatic rings. The molecule has 1 saturated carbocycles. The molecule has 0 aromatic carbocycles. The molecular formula is C14H28O2. The number of hydrogen-bond acceptors (Lipinski definition) is 2. The van der Waals surface area contributed by atoms with E-state index in [-0.39, 0.29) is 11.7 Å². The highest BCUT2D eigenvalue weighted by Gasteiger charge is 2.43. The van der Waals surface area contributed by atoms with Crippen LogP contribution in [0.25, 0.3) is 0 Å². The molecule has 0 spiro atoms. The fourth-order valence-corrected chi connectivity index (χ4v) is 3.25. The summed E-state index contributed by atoms with van der Waals surface area (Å²) >= 11 is 0. The maximum absolute atomic E-state index is 10.5. The Kier molecular flexibility index (Phi) is 5.26. The molecule has 0 bridgehead atoms. The minimum atomic E-state index is -0.305. The molecule has 4 atom stereocenters. The second kappa shape index (κ2) is 6.02. The zero-order chi connectivity index (χ0) is 12.2. The lowest BCUT2D eigenvalue weighted by Gasteiger charge is -2.44. The Labute approximate surface area is 100 Å². The second-order valence-electron chi connectivity index (χ2n) is 5.68. The highest BCUT2D eigenvalue weighted by atomic mass is 16.5. The summed E-state index contributed by atoms with van der Waals surface area (Å²) in [6, 6.07) is 0. The summed E-state index contributed by atoms with van der Waals surface area (Å²) in [7, 11) is 1.76. The van der Waals surface area contributed by atoms with Crippen molar-refractivity contribution in [3.63, 3.8) is 0 Å². The highest BCUT2D eigenvalue weighted by molar-refractivity contribution is 4.94. The van der Waals surface area contributed by atoms with Crippen molar-refractivity contribution < 1.29 is 9.84 Å². The number of ether oxygens (including phenoxy) is 1. The zero-order valence-electron chi connectivity index (χ0n) is 11.3. The molecule has 1 N–H and O–H groups in total. The van der Waals surface area contributed by atoms with E-state index in [1.165, 1.54) is 12.8 Å². The lowest BCUT2D eigenvalue weighted by molar-refractivity contribution is -0.148. The van der Waals surface area contributed by atoms with E-state index < -0.39 is 0 Å². The average Bonchev–Trinajstić information content (AvgIpc) is 2.28. The van der Waals surface area contributed by atoms with Crippen molar-refractivity contribution >= 4 is 0 Å². The maximum atomic E-state index is 10.5. The van der Waals surface area contributed by atoms with Gasteiger partial charge in [0.15, 0.2) is 0 Å². The predicted molar refractivity (Wildman–Crippen MR) is 67.5 cm³/mol. The molecule has 16 heavy (non-hydrogen) atoms. The lowest BCUT2D eigenvalue weighted by Crippen LogP contribution is -2.50. The molecule has 0 aliphatic heterocycles. The molecule has 96 valence electrons. The molecular weight excluding hydrogens is 200 g/mol. The van der Waals surface area contributed by atoms with E-state index in [4.69, 9.17) is 4.74 Å². The predicted octanol–water partition coefficient (Wildman–Crippen LogP) is 3.38. The van der Waals surface area contributed by atoms with Gasteiger partial charge in [0.1, 0.15) is 0 Å². The van der Waals surface area contributed by atoms with Gasteiger partial charge in [-0.2, -0.15) is 0 Å². The minimum absolute atomic E-state index is 0.272. The van der Waals surface area contributed by atoms with Crippen molar-refractivity contribution in [2.75, 3.05) is 7.11 Å². The Balaban J connectivity index is 2.70. The van der Waals surface area contributed by atoms with Gasteiger partial charge in [-0.05, 0) is 31.1 Å². The SMILES string of the molecule is CCCC(C)C(O)C1(OC)CCCC(C)C1. The van der Waals surface area contributed by atoms with Gasteiger partial charge in [0.2, 0.25) is 0 Å². The smallest absolute Gasteiger partial charge is 0.0941 e. The van der Waals surface area contributed by atoms with Crippen LogP contribution < -0.4 is 0 Å². The van der Waals surface area contributed by atoms with Crippen LogP contribution in [0.1, 0.15) is 59.3 Å². The van der Waals surface area contributed by atoms with E-state index in [0.717, 1.165) is 25.7 Å². The van der Waals surface area contributed by atoms with Crippen LogP contribution in [0, 0.1) is 11.8 Å². The summed E-state index contributed by atoms with van der Waals surface area (Å²) in [5.74, 6) is 1.02. The van der Waals surface area contributed by atoms with Crippen molar-refractivity contribution in [3.8, 4) is 0 Å². The van der Waals surface area contributed by atoms with Gasteiger partial charge in [0.05, 0.1) is 11.7 Å². The molecule has 0 heterocycles. The van der Waals surface area contributed by atoms with E-state index >= 15 is 0 Å². The van der Waals surface area contributed by atoms with Crippen LogP contribution in [0.5, 0.6) is 0 Å². The van der Waals surface area contributed by atoms with Gasteiger partial charge in [-0.1, -0.05) is 40.0 Å². The first-order chi connectivity index (χ1) is 7.55. The van der Waals surface area contributed by atoms with Gasteiger partial charge < -0.3 is 9.84 Å². The standard InChI is InChI=1S/C14H28O2/c1-5-7-12(3)13(15)14(16-4)9-6-8-11(2)10-14/h11-13,15H,5-10H2,1-4H3. The van der Waals surface area contributed by atoms with Gasteiger partial charge in [0, 0.05) is 7.11 Å². The van der Waals surface area contributed by atoms with Crippen molar-refractivity contribution in [2.24, 2.45) is 11.8 Å². The highest BCUT2D eigenvalue weighted by Crippen LogP contribution is 2.40. The first kappa shape index (κ1) is 14.0. The van der Waals surface area contributed by atoms with E-state index in [0.29, 0.717) is 11.8 Å². The quantitative estimate of drug-likeness (QED) is 0.781. The average molecular weight is 228 g/mol. The van der Waals surface area contributed by atoms with Gasteiger partial charge >= 0.3 is 0 Å². The van der Waals surface area contributed by atoms with E-state index in [2.05, 4.69) is 20.8 Å². The second-order valence-corrected chi connectivity index (χ2v) is 5.68. The van der Waals surface area contributed by atoms with Crippen LogP contribution in [0.4, 0.5) is 0 Å². The molecule has 1 rings (SSSR count). The molecule has 4 unspecified atom stereocenters. The first-order valence-electron chi connectivity index (χ1n) is 6.79. The van der Waals surface area contributed by atoms with E-state index in [9.17, 15) is 5.11 Å². The van der Waals surface area contributed by atoms with Crippen LogP contribution in [0.3, 0.4) is 0 Å². The summed E-state index contributed by atoms with van der Waals surface area (Å²) in [4.78, 5) is 0. The molecule has 0 aromatic heterocycles. The summed E-state index contributed by atoms with van der Waals surface area (Å²) in [6.07, 6.45) is 6.40. The van der Waals surface area contributed by atoms with E-state index in [1.54, 1.807) is 7.11 Å². The lowest BCUT2D eigenvalue weighted by atomic mass is 9.72. The number of hydrogen-bond donors (Lipinski definition) is 1. The number of rotatable bonds is 5. The third kappa shape index (κ3) is 2.98. The van der Waals surface area contributed by atoms with Gasteiger partial charge in [-0.3, -0.25) is 0 Å². The molecule has 1 aliphatic rings. The number of aliphatic hydroxyl groups excluding tert-OH is 1. The van der Waals surface area contributed by atoms with Gasteiger partial charge in [0.25, 0.3) is 0 Å². The summed E-state index contributed by atoms with van der Waals surface area (Å²) in [5, 5.41) is 10.5. The summed E-state index contributed by atoms with van der Waals surface area (Å²) < 4.78 is 5.73. The Morgan fingerprint density at radius 1 is 1.50 bits per heavy atom. The molecule has 2 heteroatoms. The maximum Gasteiger partial charge on any atom is 0.0941 e. The minimum Gasteiger partial charge on any atom is -0.390 e. The Bertz CT molecular complexity index is 205. The van der Waals surface area contributed by atoms with Crippen molar-refractivity contribution in [2.45, 2.75) is 71.0 Å². The zero-order valence-corrected chi connectivity index (χ0v) is 11.3. The molecule has 0 radical (unpaired) electrons. The number of aliphatic hydroxyl groups is 1. The Hall–Kier alpha value is -0.0800. The summed E-state index contributed by atoms with van der Waals surface area (Å²) in [6.45, 7) is 6.59. The monoisotopic (exact) mass is 228 g/mol. The number of methoxy groups -OCH3 is 1. The molecule has 1 fully saturated rings. The Morgan fingerprint density at radius 3 is 2.69 bits per heavy atom. The largest absolute Gasteiger partial charge is 0.390 e. The van der Waals surface area contributed by atoms with Gasteiger partial charge in [-0.25, -0.2) is 0 Å². The van der Waals surface area contributed by atoms with Crippen LogP contribution >= 0.6 is 0 Å². The van der Waals surface area contributed by atoms with Crippen molar-refractivity contribution in [1.29, 1.82) is 0 Å². The van der Waals surface area contributed by atoms with Crippen LogP contribution in [0.15, 0.2) is 0 Å². The van der Waals surface area contributed by atoms with Crippen LogP contribution in [0.2, 0.25) is 0 Å². The molecule has 0 saturated heterocycles. The normalized spacial score (nSPS) is 34.7. The topological polar surface area (TPSA) is 29.5 Å². The molecule has 0 amide bonds. The van der Waals surface area contributed by atoms with Crippen molar-refractivity contribution in [3.05, 3.63) is 0 Å². The Morgan fingerprint density at radius 2 is 2.19 bits per heavy atom.